The van der Waals surface area contributed by atoms with E-state index in [1.807, 2.05) is 0 Å². The summed E-state index contributed by atoms with van der Waals surface area (Å²) in [5, 5.41) is 7.85. The lowest BCUT2D eigenvalue weighted by Crippen LogP contribution is -2.34. The first-order valence-corrected chi connectivity index (χ1v) is 12.8. The summed E-state index contributed by atoms with van der Waals surface area (Å²) in [4.78, 5) is 12.9. The Labute approximate surface area is 209 Å². The number of sulfonamides is 1. The quantitative estimate of drug-likeness (QED) is 0.390. The van der Waals surface area contributed by atoms with Gasteiger partial charge in [-0.1, -0.05) is 6.07 Å². The van der Waals surface area contributed by atoms with Crippen molar-refractivity contribution in [3.8, 4) is 11.4 Å². The summed E-state index contributed by atoms with van der Waals surface area (Å²) in [6.07, 6.45) is -2.76. The highest BCUT2D eigenvalue weighted by atomic mass is 32.2. The van der Waals surface area contributed by atoms with Crippen LogP contribution in [0.1, 0.15) is 24.3 Å². The lowest BCUT2D eigenvalue weighted by atomic mass is 9.71. The van der Waals surface area contributed by atoms with E-state index in [9.17, 15) is 26.4 Å². The van der Waals surface area contributed by atoms with Crippen molar-refractivity contribution in [3.63, 3.8) is 0 Å². The van der Waals surface area contributed by atoms with Gasteiger partial charge in [0.1, 0.15) is 5.75 Å². The number of hydrogen-bond donors (Lipinski definition) is 1. The fourth-order valence-corrected chi connectivity index (χ4v) is 5.51. The van der Waals surface area contributed by atoms with E-state index in [1.165, 1.54) is 54.3 Å². The number of alkyl halides is 3. The minimum atomic E-state index is -4.20. The third-order valence-electron chi connectivity index (χ3n) is 6.50. The van der Waals surface area contributed by atoms with Crippen LogP contribution < -0.4 is 15.0 Å². The lowest BCUT2D eigenvalue weighted by Gasteiger charge is -2.37. The van der Waals surface area contributed by atoms with Gasteiger partial charge in [0.25, 0.3) is 15.6 Å². The molecule has 0 amide bonds. The Bertz CT molecular complexity index is 1630. The summed E-state index contributed by atoms with van der Waals surface area (Å²) in [6, 6.07) is 15.1. The van der Waals surface area contributed by atoms with Crippen molar-refractivity contribution in [2.75, 3.05) is 11.8 Å². The molecule has 0 radical (unpaired) electrons. The summed E-state index contributed by atoms with van der Waals surface area (Å²) in [5.41, 5.74) is 1.14. The fraction of sp³-hybridized carbons (Fsp3) is 0.240. The van der Waals surface area contributed by atoms with Crippen LogP contribution in [0.15, 0.2) is 76.6 Å². The van der Waals surface area contributed by atoms with Crippen LogP contribution >= 0.6 is 0 Å². The number of hydrogen-bond acceptors (Lipinski definition) is 6. The van der Waals surface area contributed by atoms with E-state index in [0.717, 1.165) is 0 Å². The van der Waals surface area contributed by atoms with Crippen molar-refractivity contribution in [1.82, 2.24) is 14.8 Å². The maximum Gasteiger partial charge on any atom is 0.391 e. The Morgan fingerprint density at radius 3 is 2.51 bits per heavy atom. The van der Waals surface area contributed by atoms with Crippen LogP contribution in [0.3, 0.4) is 0 Å². The van der Waals surface area contributed by atoms with Gasteiger partial charge in [0.05, 0.1) is 29.1 Å². The molecular weight excluding hydrogens is 509 g/mol. The topological polar surface area (TPSA) is 103 Å². The Morgan fingerprint density at radius 2 is 1.84 bits per heavy atom. The average molecular weight is 531 g/mol. The zero-order chi connectivity index (χ0) is 26.4. The van der Waals surface area contributed by atoms with E-state index in [4.69, 9.17) is 4.74 Å². The molecule has 1 N–H and O–H groups in total. The van der Waals surface area contributed by atoms with E-state index >= 15 is 0 Å². The molecule has 2 heterocycles. The number of anilines is 1. The highest BCUT2D eigenvalue weighted by molar-refractivity contribution is 7.92. The molecule has 8 nitrogen and oxygen atoms in total. The molecule has 2 aromatic carbocycles. The van der Waals surface area contributed by atoms with Crippen molar-refractivity contribution >= 4 is 26.7 Å². The smallest absolute Gasteiger partial charge is 0.391 e. The van der Waals surface area contributed by atoms with E-state index in [0.29, 0.717) is 27.9 Å². The molecule has 192 valence electrons. The molecule has 1 fully saturated rings. The normalized spacial score (nSPS) is 17.8. The van der Waals surface area contributed by atoms with Crippen LogP contribution in [0.4, 0.5) is 19.0 Å². The average Bonchev–Trinajstić information content (AvgIpc) is 2.82. The van der Waals surface area contributed by atoms with Gasteiger partial charge in [0, 0.05) is 17.6 Å². The van der Waals surface area contributed by atoms with Gasteiger partial charge in [-0.15, -0.1) is 5.10 Å². The number of aromatic nitrogens is 3. The van der Waals surface area contributed by atoms with Crippen molar-refractivity contribution in [2.45, 2.75) is 29.8 Å². The third-order valence-corrected chi connectivity index (χ3v) is 7.86. The Kier molecular flexibility index (Phi) is 6.14. The molecule has 0 spiro atoms. The number of halogens is 3. The molecule has 1 saturated carbocycles. The van der Waals surface area contributed by atoms with Crippen LogP contribution in [-0.2, 0) is 10.0 Å². The molecule has 0 saturated heterocycles. The second-order valence-corrected chi connectivity index (χ2v) is 10.5. The maximum absolute atomic E-state index is 12.9. The van der Waals surface area contributed by atoms with Crippen molar-refractivity contribution in [1.29, 1.82) is 0 Å². The number of ether oxygens (including phenoxy) is 1. The van der Waals surface area contributed by atoms with Gasteiger partial charge in [-0.3, -0.25) is 14.1 Å². The molecule has 5 rings (SSSR count). The van der Waals surface area contributed by atoms with Crippen LogP contribution in [-0.4, -0.2) is 36.5 Å². The van der Waals surface area contributed by atoms with Crippen LogP contribution in [0.25, 0.3) is 16.6 Å². The second-order valence-electron chi connectivity index (χ2n) is 8.78. The highest BCUT2D eigenvalue weighted by Gasteiger charge is 2.48. The van der Waals surface area contributed by atoms with E-state index in [2.05, 4.69) is 14.9 Å². The molecule has 0 atom stereocenters. The molecule has 0 bridgehead atoms. The number of nitrogens with one attached hydrogen (secondary N) is 1. The van der Waals surface area contributed by atoms with Crippen LogP contribution in [0.2, 0.25) is 0 Å². The van der Waals surface area contributed by atoms with Crippen molar-refractivity contribution in [3.05, 3.63) is 82.8 Å². The van der Waals surface area contributed by atoms with Crippen LogP contribution in [0, 0.1) is 5.92 Å². The predicted molar refractivity (Wildman–Crippen MR) is 130 cm³/mol. The van der Waals surface area contributed by atoms with Gasteiger partial charge in [-0.05, 0) is 72.9 Å². The summed E-state index contributed by atoms with van der Waals surface area (Å²) >= 11 is 0. The minimum absolute atomic E-state index is 0.0140. The molecule has 4 aromatic rings. The number of benzene rings is 2. The molecule has 0 unspecified atom stereocenters. The minimum Gasteiger partial charge on any atom is -0.495 e. The number of rotatable bonds is 6. The Morgan fingerprint density at radius 1 is 1.05 bits per heavy atom. The predicted octanol–water partition coefficient (Wildman–Crippen LogP) is 4.65. The number of nitrogens with zero attached hydrogens (tertiary/aromatic N) is 3. The Hall–Kier alpha value is -3.93. The van der Waals surface area contributed by atoms with Crippen molar-refractivity contribution < 1.29 is 26.3 Å². The van der Waals surface area contributed by atoms with Gasteiger partial charge in [-0.25, -0.2) is 8.42 Å². The molecule has 0 aliphatic heterocycles. The zero-order valence-electron chi connectivity index (χ0n) is 19.4. The maximum atomic E-state index is 12.9. The van der Waals surface area contributed by atoms with E-state index in [-0.39, 0.29) is 35.0 Å². The van der Waals surface area contributed by atoms with E-state index < -0.39 is 22.1 Å². The standard InChI is InChI=1S/C25H21F3N4O4S/c1-36-22-14-15(17-11-18(12-17)25(26,27)28)4-7-21(22)32-20-8-6-19(13-16(20)5-9-24(32)33)37(34,35)31-23-3-2-10-29-30-23/h2-10,13-14,17-18H,11-12H2,1H3,(H,30,31)/t17-,18-. The molecule has 2 aromatic heterocycles. The van der Waals surface area contributed by atoms with Gasteiger partial charge >= 0.3 is 6.18 Å². The lowest BCUT2D eigenvalue weighted by molar-refractivity contribution is -0.197. The van der Waals surface area contributed by atoms with Gasteiger partial charge in [-0.2, -0.15) is 18.3 Å². The first kappa shape index (κ1) is 24.8. The summed E-state index contributed by atoms with van der Waals surface area (Å²) in [6.45, 7) is 0. The third kappa shape index (κ3) is 4.76. The largest absolute Gasteiger partial charge is 0.495 e. The van der Waals surface area contributed by atoms with Crippen LogP contribution in [0.5, 0.6) is 5.75 Å². The first-order valence-electron chi connectivity index (χ1n) is 11.3. The number of methoxy groups -OCH3 is 1. The molecular formula is C25H21F3N4O4S. The van der Waals surface area contributed by atoms with Gasteiger partial charge < -0.3 is 4.74 Å². The van der Waals surface area contributed by atoms with Gasteiger partial charge in [0.2, 0.25) is 0 Å². The molecule has 12 heteroatoms. The summed E-state index contributed by atoms with van der Waals surface area (Å²) in [5.74, 6) is -1.17. The zero-order valence-corrected chi connectivity index (χ0v) is 20.3. The fourth-order valence-electron chi connectivity index (χ4n) is 4.48. The van der Waals surface area contributed by atoms with Gasteiger partial charge in [0.15, 0.2) is 5.82 Å². The van der Waals surface area contributed by atoms with E-state index in [1.54, 1.807) is 24.3 Å². The number of pyridine rings is 1. The molecule has 37 heavy (non-hydrogen) atoms. The van der Waals surface area contributed by atoms with Crippen molar-refractivity contribution in [2.24, 2.45) is 5.92 Å². The molecule has 1 aliphatic carbocycles. The highest BCUT2D eigenvalue weighted by Crippen LogP contribution is 2.50. The summed E-state index contributed by atoms with van der Waals surface area (Å²) in [7, 11) is -2.56. The SMILES string of the molecule is COc1cc([C@H]2C[C@H](C(F)(F)F)C2)ccc1-n1c(=O)ccc2cc(S(=O)(=O)Nc3cccnn3)ccc21. The molecule has 1 aliphatic rings. The number of fused-ring (bicyclic) bond motifs is 1. The summed E-state index contributed by atoms with van der Waals surface area (Å²) < 4.78 is 73.7. The first-order chi connectivity index (χ1) is 17.6. The Balaban J connectivity index is 1.51. The second kappa shape index (κ2) is 9.18. The monoisotopic (exact) mass is 530 g/mol.